The third-order valence-electron chi connectivity index (χ3n) is 4.18. The van der Waals surface area contributed by atoms with E-state index in [4.69, 9.17) is 4.74 Å². The average Bonchev–Trinajstić information content (AvgIpc) is 2.97. The third kappa shape index (κ3) is 3.19. The Morgan fingerprint density at radius 2 is 2.17 bits per heavy atom. The van der Waals surface area contributed by atoms with Crippen LogP contribution >= 0.6 is 0 Å². The molecule has 0 aliphatic carbocycles. The van der Waals surface area contributed by atoms with Crippen molar-refractivity contribution >= 4 is 11.9 Å². The van der Waals surface area contributed by atoms with Gasteiger partial charge in [0.15, 0.2) is 0 Å². The molecule has 24 heavy (non-hydrogen) atoms. The lowest BCUT2D eigenvalue weighted by atomic mass is 10.0. The highest BCUT2D eigenvalue weighted by Gasteiger charge is 2.38. The second kappa shape index (κ2) is 6.66. The Balaban J connectivity index is 1.76. The lowest BCUT2D eigenvalue weighted by Crippen LogP contribution is -2.37. The number of amides is 1. The van der Waals surface area contributed by atoms with E-state index >= 15 is 0 Å². The Hall–Kier alpha value is -2.96. The fraction of sp³-hybridized carbons (Fsp3) is 0.294. The van der Waals surface area contributed by atoms with Gasteiger partial charge in [0.2, 0.25) is 5.88 Å². The molecule has 1 fully saturated rings. The van der Waals surface area contributed by atoms with Gasteiger partial charge in [-0.1, -0.05) is 6.07 Å². The largest absolute Gasteiger partial charge is 0.481 e. The lowest BCUT2D eigenvalue weighted by molar-refractivity contribution is -0.142. The Morgan fingerprint density at radius 3 is 2.83 bits per heavy atom. The van der Waals surface area contributed by atoms with Gasteiger partial charge in [0.25, 0.3) is 5.91 Å². The second-order valence-corrected chi connectivity index (χ2v) is 5.65. The molecule has 1 N–H and O–H groups in total. The molecule has 0 saturated carbocycles. The van der Waals surface area contributed by atoms with E-state index < -0.39 is 11.9 Å². The number of carboxylic acid groups (broad SMARTS) is 1. The van der Waals surface area contributed by atoms with Crippen molar-refractivity contribution in [3.63, 3.8) is 0 Å². The molecule has 2 aromatic rings. The number of hydrogen-bond acceptors (Lipinski definition) is 5. The summed E-state index contributed by atoms with van der Waals surface area (Å²) >= 11 is 0. The molecule has 1 saturated heterocycles. The Bertz CT molecular complexity index is 751. The smallest absolute Gasteiger partial charge is 0.308 e. The first-order chi connectivity index (χ1) is 11.6. The standard InChI is InChI=1S/C17H17N3O4/c1-11-14(17(22)23)5-8-20(11)16(21)12-3-2-4-13(9-12)24-15-10-18-6-7-19-15/h2-4,6-7,9-11,14H,5,8H2,1H3,(H,22,23). The summed E-state index contributed by atoms with van der Waals surface area (Å²) < 4.78 is 5.58. The molecule has 1 aromatic heterocycles. The highest BCUT2D eigenvalue weighted by molar-refractivity contribution is 5.95. The van der Waals surface area contributed by atoms with Crippen LogP contribution in [0.2, 0.25) is 0 Å². The van der Waals surface area contributed by atoms with Crippen LogP contribution in [-0.2, 0) is 4.79 Å². The van der Waals surface area contributed by atoms with Crippen LogP contribution in [0.5, 0.6) is 11.6 Å². The van der Waals surface area contributed by atoms with Gasteiger partial charge < -0.3 is 14.7 Å². The number of aromatic nitrogens is 2. The van der Waals surface area contributed by atoms with E-state index in [0.29, 0.717) is 30.2 Å². The van der Waals surface area contributed by atoms with Crippen LogP contribution in [0.4, 0.5) is 0 Å². The molecule has 0 spiro atoms. The van der Waals surface area contributed by atoms with E-state index in [-0.39, 0.29) is 11.9 Å². The van der Waals surface area contributed by atoms with Crippen molar-refractivity contribution in [3.05, 3.63) is 48.4 Å². The van der Waals surface area contributed by atoms with E-state index in [1.165, 1.54) is 12.4 Å². The first kappa shape index (κ1) is 15.9. The first-order valence-corrected chi connectivity index (χ1v) is 7.64. The summed E-state index contributed by atoms with van der Waals surface area (Å²) in [6.07, 6.45) is 5.01. The van der Waals surface area contributed by atoms with E-state index in [2.05, 4.69) is 9.97 Å². The van der Waals surface area contributed by atoms with Gasteiger partial charge in [0, 0.05) is 30.5 Å². The van der Waals surface area contributed by atoms with Gasteiger partial charge >= 0.3 is 5.97 Å². The van der Waals surface area contributed by atoms with Crippen LogP contribution < -0.4 is 4.74 Å². The van der Waals surface area contributed by atoms with Gasteiger partial charge in [-0.05, 0) is 31.5 Å². The fourth-order valence-electron chi connectivity index (χ4n) is 2.87. The quantitative estimate of drug-likeness (QED) is 0.925. The predicted molar refractivity (Wildman–Crippen MR) is 84.8 cm³/mol. The number of likely N-dealkylation sites (tertiary alicyclic amines) is 1. The summed E-state index contributed by atoms with van der Waals surface area (Å²) in [7, 11) is 0. The van der Waals surface area contributed by atoms with E-state index in [1.54, 1.807) is 42.3 Å². The zero-order valence-corrected chi connectivity index (χ0v) is 13.1. The molecular formula is C17H17N3O4. The van der Waals surface area contributed by atoms with Crippen molar-refractivity contribution in [2.75, 3.05) is 6.54 Å². The number of hydrogen-bond donors (Lipinski definition) is 1. The number of carboxylic acids is 1. The minimum atomic E-state index is -0.863. The Kier molecular flexibility index (Phi) is 4.41. The number of benzene rings is 1. The monoisotopic (exact) mass is 327 g/mol. The summed E-state index contributed by atoms with van der Waals surface area (Å²) in [5.74, 6) is -0.771. The molecule has 3 rings (SSSR count). The zero-order chi connectivity index (χ0) is 17.1. The molecular weight excluding hydrogens is 310 g/mol. The summed E-state index contributed by atoms with van der Waals surface area (Å²) in [4.78, 5) is 33.4. The number of aliphatic carboxylic acids is 1. The van der Waals surface area contributed by atoms with Crippen molar-refractivity contribution in [1.29, 1.82) is 0 Å². The maximum absolute atomic E-state index is 12.7. The molecule has 1 amide bonds. The van der Waals surface area contributed by atoms with Crippen LogP contribution in [0.1, 0.15) is 23.7 Å². The van der Waals surface area contributed by atoms with E-state index in [1.807, 2.05) is 0 Å². The molecule has 2 unspecified atom stereocenters. The maximum Gasteiger partial charge on any atom is 0.308 e. The summed E-state index contributed by atoms with van der Waals surface area (Å²) in [6, 6.07) is 6.41. The molecule has 1 aliphatic heterocycles. The van der Waals surface area contributed by atoms with Gasteiger partial charge in [0.1, 0.15) is 5.75 Å². The minimum Gasteiger partial charge on any atom is -0.481 e. The SMILES string of the molecule is CC1C(C(=O)O)CCN1C(=O)c1cccc(Oc2cnccn2)c1. The van der Waals surface area contributed by atoms with Crippen LogP contribution in [0.25, 0.3) is 0 Å². The van der Waals surface area contributed by atoms with Crippen LogP contribution in [0.15, 0.2) is 42.9 Å². The summed E-state index contributed by atoms with van der Waals surface area (Å²) in [5, 5.41) is 9.19. The van der Waals surface area contributed by atoms with Crippen LogP contribution in [-0.4, -0.2) is 44.4 Å². The second-order valence-electron chi connectivity index (χ2n) is 5.65. The molecule has 7 heteroatoms. The predicted octanol–water partition coefficient (Wildman–Crippen LogP) is 2.20. The highest BCUT2D eigenvalue weighted by Crippen LogP contribution is 2.27. The molecule has 7 nitrogen and oxygen atoms in total. The molecule has 0 radical (unpaired) electrons. The zero-order valence-electron chi connectivity index (χ0n) is 13.1. The molecule has 2 heterocycles. The number of carbonyl (C=O) groups excluding carboxylic acids is 1. The van der Waals surface area contributed by atoms with Gasteiger partial charge in [-0.25, -0.2) is 4.98 Å². The van der Waals surface area contributed by atoms with Gasteiger partial charge in [-0.2, -0.15) is 0 Å². The molecule has 124 valence electrons. The van der Waals surface area contributed by atoms with E-state index in [0.717, 1.165) is 0 Å². The van der Waals surface area contributed by atoms with Gasteiger partial charge in [-0.3, -0.25) is 14.6 Å². The normalized spacial score (nSPS) is 20.0. The van der Waals surface area contributed by atoms with Crippen LogP contribution in [0.3, 0.4) is 0 Å². The van der Waals surface area contributed by atoms with Gasteiger partial charge in [-0.15, -0.1) is 0 Å². The highest BCUT2D eigenvalue weighted by atomic mass is 16.5. The fourth-order valence-corrected chi connectivity index (χ4v) is 2.87. The Morgan fingerprint density at radius 1 is 1.33 bits per heavy atom. The first-order valence-electron chi connectivity index (χ1n) is 7.64. The molecule has 1 aliphatic rings. The molecule has 1 aromatic carbocycles. The topological polar surface area (TPSA) is 92.6 Å². The molecule has 0 bridgehead atoms. The van der Waals surface area contributed by atoms with Crippen molar-refractivity contribution < 1.29 is 19.4 Å². The maximum atomic E-state index is 12.7. The summed E-state index contributed by atoms with van der Waals surface area (Å²) in [6.45, 7) is 2.20. The van der Waals surface area contributed by atoms with Crippen LogP contribution in [0, 0.1) is 5.92 Å². The third-order valence-corrected chi connectivity index (χ3v) is 4.18. The van der Waals surface area contributed by atoms with Crippen molar-refractivity contribution in [2.45, 2.75) is 19.4 Å². The van der Waals surface area contributed by atoms with Crippen molar-refractivity contribution in [1.82, 2.24) is 14.9 Å². The molecule has 2 atom stereocenters. The van der Waals surface area contributed by atoms with Crippen molar-refractivity contribution in [2.24, 2.45) is 5.92 Å². The average molecular weight is 327 g/mol. The van der Waals surface area contributed by atoms with Crippen molar-refractivity contribution in [3.8, 4) is 11.6 Å². The number of carbonyl (C=O) groups is 2. The summed E-state index contributed by atoms with van der Waals surface area (Å²) in [5.41, 5.74) is 0.453. The minimum absolute atomic E-state index is 0.198. The lowest BCUT2D eigenvalue weighted by Gasteiger charge is -2.23. The number of ether oxygens (including phenoxy) is 1. The van der Waals surface area contributed by atoms with E-state index in [9.17, 15) is 14.7 Å². The number of nitrogens with zero attached hydrogens (tertiary/aromatic N) is 3. The Labute approximate surface area is 138 Å². The van der Waals surface area contributed by atoms with Gasteiger partial charge in [0.05, 0.1) is 12.1 Å². The number of rotatable bonds is 4.